The molecule has 0 aliphatic rings. The van der Waals surface area contributed by atoms with Crippen molar-refractivity contribution in [2.24, 2.45) is 0 Å². The predicted molar refractivity (Wildman–Crippen MR) is 90.3 cm³/mol. The molecule has 0 saturated heterocycles. The molecular formula is C19H25NO. The molecule has 0 amide bonds. The first-order valence-corrected chi connectivity index (χ1v) is 7.62. The monoisotopic (exact) mass is 283 g/mol. The van der Waals surface area contributed by atoms with E-state index in [4.69, 9.17) is 4.74 Å². The van der Waals surface area contributed by atoms with Crippen LogP contribution in [0.2, 0.25) is 0 Å². The van der Waals surface area contributed by atoms with Crippen LogP contribution in [0.1, 0.15) is 37.8 Å². The Morgan fingerprint density at radius 2 is 1.71 bits per heavy atom. The van der Waals surface area contributed by atoms with Gasteiger partial charge >= 0.3 is 0 Å². The third-order valence-corrected chi connectivity index (χ3v) is 3.57. The van der Waals surface area contributed by atoms with Gasteiger partial charge in [0.25, 0.3) is 0 Å². The van der Waals surface area contributed by atoms with Gasteiger partial charge in [0.15, 0.2) is 0 Å². The Kier molecular flexibility index (Phi) is 5.26. The highest BCUT2D eigenvalue weighted by Crippen LogP contribution is 2.24. The lowest BCUT2D eigenvalue weighted by Crippen LogP contribution is -2.22. The molecule has 2 aromatic rings. The summed E-state index contributed by atoms with van der Waals surface area (Å²) in [5, 5.41) is 3.38. The highest BCUT2D eigenvalue weighted by molar-refractivity contribution is 5.42. The summed E-state index contributed by atoms with van der Waals surface area (Å²) in [6.07, 6.45) is 0.120. The largest absolute Gasteiger partial charge is 0.489 e. The van der Waals surface area contributed by atoms with Crippen molar-refractivity contribution in [2.75, 3.05) is 11.9 Å². The first kappa shape index (κ1) is 15.4. The van der Waals surface area contributed by atoms with Crippen LogP contribution in [0, 0.1) is 6.92 Å². The molecule has 0 heterocycles. The summed E-state index contributed by atoms with van der Waals surface area (Å²) in [6.45, 7) is 9.45. The molecule has 0 aliphatic heterocycles. The van der Waals surface area contributed by atoms with Crippen molar-refractivity contribution in [2.45, 2.75) is 39.7 Å². The molecule has 0 fully saturated rings. The van der Waals surface area contributed by atoms with Gasteiger partial charge in [-0.25, -0.2) is 0 Å². The van der Waals surface area contributed by atoms with Crippen molar-refractivity contribution in [3.8, 4) is 5.75 Å². The Morgan fingerprint density at radius 1 is 1.00 bits per heavy atom. The maximum Gasteiger partial charge on any atom is 0.120 e. The lowest BCUT2D eigenvalue weighted by Gasteiger charge is -2.18. The van der Waals surface area contributed by atoms with E-state index in [2.05, 4.69) is 63.3 Å². The van der Waals surface area contributed by atoms with E-state index in [1.807, 2.05) is 18.2 Å². The van der Waals surface area contributed by atoms with Gasteiger partial charge in [-0.1, -0.05) is 38.1 Å². The molecule has 21 heavy (non-hydrogen) atoms. The van der Waals surface area contributed by atoms with Gasteiger partial charge in [-0.15, -0.1) is 0 Å². The number of anilines is 1. The van der Waals surface area contributed by atoms with Crippen LogP contribution in [0.5, 0.6) is 5.75 Å². The van der Waals surface area contributed by atoms with Crippen molar-refractivity contribution in [1.82, 2.24) is 0 Å². The van der Waals surface area contributed by atoms with Crippen LogP contribution >= 0.6 is 0 Å². The Bertz CT molecular complexity index is 563. The number of benzene rings is 2. The molecule has 0 saturated carbocycles. The molecule has 1 N–H and O–H groups in total. The van der Waals surface area contributed by atoms with Gasteiger partial charge in [-0.2, -0.15) is 0 Å². The van der Waals surface area contributed by atoms with Gasteiger partial charge in [0, 0.05) is 5.69 Å². The quantitative estimate of drug-likeness (QED) is 0.805. The Hall–Kier alpha value is -1.96. The van der Waals surface area contributed by atoms with E-state index in [-0.39, 0.29) is 6.10 Å². The molecule has 2 heteroatoms. The van der Waals surface area contributed by atoms with Gasteiger partial charge in [0.05, 0.1) is 6.54 Å². The average molecular weight is 283 g/mol. The highest BCUT2D eigenvalue weighted by atomic mass is 16.5. The summed E-state index contributed by atoms with van der Waals surface area (Å²) in [5.41, 5.74) is 3.81. The van der Waals surface area contributed by atoms with Gasteiger partial charge < -0.3 is 10.1 Å². The van der Waals surface area contributed by atoms with Gasteiger partial charge in [0.2, 0.25) is 0 Å². The predicted octanol–water partition coefficient (Wildman–Crippen LogP) is 5.00. The SMILES string of the molecule is Cc1cc(OC(C)CNc2ccccc2)ccc1C(C)C. The standard InChI is InChI=1S/C19H25NO/c1-14(2)19-11-10-18(12-15(19)3)21-16(4)13-20-17-8-6-5-7-9-17/h5-12,14,16,20H,13H2,1-4H3. The molecular weight excluding hydrogens is 258 g/mol. The third-order valence-electron chi connectivity index (χ3n) is 3.57. The lowest BCUT2D eigenvalue weighted by atomic mass is 9.98. The molecule has 0 bridgehead atoms. The van der Waals surface area contributed by atoms with Crippen LogP contribution < -0.4 is 10.1 Å². The van der Waals surface area contributed by atoms with Crippen molar-refractivity contribution in [3.05, 3.63) is 59.7 Å². The minimum absolute atomic E-state index is 0.120. The molecule has 2 rings (SSSR count). The molecule has 0 spiro atoms. The summed E-state index contributed by atoms with van der Waals surface area (Å²) in [6, 6.07) is 16.6. The normalized spacial score (nSPS) is 12.2. The fourth-order valence-corrected chi connectivity index (χ4v) is 2.46. The molecule has 0 radical (unpaired) electrons. The maximum absolute atomic E-state index is 5.99. The summed E-state index contributed by atoms with van der Waals surface area (Å²) in [4.78, 5) is 0. The molecule has 112 valence electrons. The number of nitrogens with one attached hydrogen (secondary N) is 1. The second-order valence-electron chi connectivity index (χ2n) is 5.85. The van der Waals surface area contributed by atoms with Crippen molar-refractivity contribution in [3.63, 3.8) is 0 Å². The zero-order chi connectivity index (χ0) is 15.2. The zero-order valence-corrected chi connectivity index (χ0v) is 13.4. The fraction of sp³-hybridized carbons (Fsp3) is 0.368. The van der Waals surface area contributed by atoms with E-state index in [1.54, 1.807) is 0 Å². The maximum atomic E-state index is 5.99. The lowest BCUT2D eigenvalue weighted by molar-refractivity contribution is 0.234. The summed E-state index contributed by atoms with van der Waals surface area (Å²) < 4.78 is 5.99. The van der Waals surface area contributed by atoms with Crippen molar-refractivity contribution < 1.29 is 4.74 Å². The van der Waals surface area contributed by atoms with E-state index in [0.717, 1.165) is 18.0 Å². The highest BCUT2D eigenvalue weighted by Gasteiger charge is 2.07. The number of para-hydroxylation sites is 1. The molecule has 1 unspecified atom stereocenters. The number of hydrogen-bond donors (Lipinski definition) is 1. The summed E-state index contributed by atoms with van der Waals surface area (Å²) >= 11 is 0. The Balaban J connectivity index is 1.90. The second-order valence-corrected chi connectivity index (χ2v) is 5.85. The van der Waals surface area contributed by atoms with Crippen LogP contribution in [0.15, 0.2) is 48.5 Å². The van der Waals surface area contributed by atoms with Crippen molar-refractivity contribution >= 4 is 5.69 Å². The first-order chi connectivity index (χ1) is 10.1. The molecule has 2 aromatic carbocycles. The number of hydrogen-bond acceptors (Lipinski definition) is 2. The van der Waals surface area contributed by atoms with Crippen LogP contribution in [-0.2, 0) is 0 Å². The zero-order valence-electron chi connectivity index (χ0n) is 13.4. The summed E-state index contributed by atoms with van der Waals surface area (Å²) in [5.74, 6) is 1.50. The van der Waals surface area contributed by atoms with E-state index >= 15 is 0 Å². The smallest absolute Gasteiger partial charge is 0.120 e. The van der Waals surface area contributed by atoms with Gasteiger partial charge in [-0.3, -0.25) is 0 Å². The first-order valence-electron chi connectivity index (χ1n) is 7.62. The van der Waals surface area contributed by atoms with Gasteiger partial charge in [0.1, 0.15) is 11.9 Å². The molecule has 0 aromatic heterocycles. The van der Waals surface area contributed by atoms with Crippen LogP contribution in [-0.4, -0.2) is 12.6 Å². The Labute approximate surface area is 128 Å². The van der Waals surface area contributed by atoms with Crippen molar-refractivity contribution in [1.29, 1.82) is 0 Å². The average Bonchev–Trinajstić information content (AvgIpc) is 2.46. The van der Waals surface area contributed by atoms with Crippen LogP contribution in [0.25, 0.3) is 0 Å². The Morgan fingerprint density at radius 3 is 2.33 bits per heavy atom. The fourth-order valence-electron chi connectivity index (χ4n) is 2.46. The van der Waals surface area contributed by atoms with E-state index < -0.39 is 0 Å². The van der Waals surface area contributed by atoms with Crippen LogP contribution in [0.3, 0.4) is 0 Å². The molecule has 0 aliphatic carbocycles. The van der Waals surface area contributed by atoms with Crippen LogP contribution in [0.4, 0.5) is 5.69 Å². The van der Waals surface area contributed by atoms with E-state index in [9.17, 15) is 0 Å². The van der Waals surface area contributed by atoms with E-state index in [1.165, 1.54) is 11.1 Å². The second kappa shape index (κ2) is 7.16. The third kappa shape index (κ3) is 4.52. The summed E-state index contributed by atoms with van der Waals surface area (Å²) in [7, 11) is 0. The minimum Gasteiger partial charge on any atom is -0.489 e. The van der Waals surface area contributed by atoms with E-state index in [0.29, 0.717) is 5.92 Å². The number of ether oxygens (including phenoxy) is 1. The minimum atomic E-state index is 0.120. The topological polar surface area (TPSA) is 21.3 Å². The number of rotatable bonds is 6. The number of aryl methyl sites for hydroxylation is 1. The van der Waals surface area contributed by atoms with Gasteiger partial charge in [-0.05, 0) is 55.2 Å². The molecule has 2 nitrogen and oxygen atoms in total. The molecule has 1 atom stereocenters.